The molecule has 1 aliphatic heterocycles. The zero-order valence-electron chi connectivity index (χ0n) is 15.9. The summed E-state index contributed by atoms with van der Waals surface area (Å²) in [4.78, 5) is 20.2. The van der Waals surface area contributed by atoms with Crippen LogP contribution in [0.1, 0.15) is 10.4 Å². The fourth-order valence-electron chi connectivity index (χ4n) is 3.42. The summed E-state index contributed by atoms with van der Waals surface area (Å²) in [5, 5.41) is 1.44. The van der Waals surface area contributed by atoms with Crippen LogP contribution in [0.4, 0.5) is 10.1 Å². The van der Waals surface area contributed by atoms with Gasteiger partial charge in [0.05, 0.1) is 15.6 Å². The van der Waals surface area contributed by atoms with Crippen LogP contribution in [0.5, 0.6) is 0 Å². The molecule has 2 heterocycles. The number of rotatable bonds is 3. The molecule has 0 saturated carbocycles. The lowest BCUT2D eigenvalue weighted by Crippen LogP contribution is -2.32. The molecular weight excluding hydrogens is 499 g/mol. The first-order chi connectivity index (χ1) is 15.0. The molecule has 0 unspecified atom stereocenters. The Kier molecular flexibility index (Phi) is 5.22. The summed E-state index contributed by atoms with van der Waals surface area (Å²) < 4.78 is 16.0. The lowest BCUT2D eigenvalue weighted by molar-refractivity contribution is -0.113. The Hall–Kier alpha value is -2.80. The van der Waals surface area contributed by atoms with Gasteiger partial charge in [0.1, 0.15) is 11.5 Å². The van der Waals surface area contributed by atoms with E-state index in [0.29, 0.717) is 27.0 Å². The summed E-state index contributed by atoms with van der Waals surface area (Å²) in [6.07, 6.45) is 1.47. The molecule has 152 valence electrons. The second-order valence-electron chi connectivity index (χ2n) is 6.85. The molecule has 0 radical (unpaired) electrons. The van der Waals surface area contributed by atoms with Crippen LogP contribution in [0.15, 0.2) is 88.0 Å². The molecule has 5 rings (SSSR count). The van der Waals surface area contributed by atoms with Gasteiger partial charge in [-0.25, -0.2) is 9.38 Å². The Morgan fingerprint density at radius 2 is 1.81 bits per heavy atom. The number of aliphatic imine (C=N–C) groups is 1. The van der Waals surface area contributed by atoms with E-state index >= 15 is 0 Å². The van der Waals surface area contributed by atoms with Crippen molar-refractivity contribution in [2.75, 3.05) is 4.90 Å². The Labute approximate surface area is 195 Å². The van der Waals surface area contributed by atoms with Crippen LogP contribution in [0.25, 0.3) is 16.2 Å². The topological polar surface area (TPSA) is 32.7 Å². The number of halogens is 3. The number of nitrogens with zero attached hydrogens (tertiary/aromatic N) is 2. The number of carbonyl (C=O) groups is 1. The minimum atomic E-state index is -0.416. The maximum Gasteiger partial charge on any atom is 0.282 e. The Morgan fingerprint density at radius 3 is 2.58 bits per heavy atom. The van der Waals surface area contributed by atoms with Gasteiger partial charge in [-0.15, -0.1) is 11.3 Å². The van der Waals surface area contributed by atoms with Crippen molar-refractivity contribution in [2.45, 2.75) is 0 Å². The van der Waals surface area contributed by atoms with Crippen LogP contribution in [0.2, 0.25) is 5.02 Å². The summed E-state index contributed by atoms with van der Waals surface area (Å²) in [7, 11) is 0. The second kappa shape index (κ2) is 8.04. The number of benzene rings is 3. The van der Waals surface area contributed by atoms with Crippen molar-refractivity contribution in [3.8, 4) is 0 Å². The van der Waals surface area contributed by atoms with Gasteiger partial charge < -0.3 is 0 Å². The van der Waals surface area contributed by atoms with Crippen molar-refractivity contribution in [3.05, 3.63) is 104 Å². The summed E-state index contributed by atoms with van der Waals surface area (Å²) in [6, 6.07) is 21.4. The van der Waals surface area contributed by atoms with Gasteiger partial charge in [0, 0.05) is 20.1 Å². The minimum Gasteiger partial charge on any atom is -0.266 e. The van der Waals surface area contributed by atoms with Crippen molar-refractivity contribution in [2.24, 2.45) is 4.99 Å². The minimum absolute atomic E-state index is 0.147. The molecule has 0 saturated heterocycles. The van der Waals surface area contributed by atoms with E-state index in [1.165, 1.54) is 28.4 Å². The van der Waals surface area contributed by atoms with Gasteiger partial charge in [-0.1, -0.05) is 70.0 Å². The molecule has 0 aliphatic carbocycles. The van der Waals surface area contributed by atoms with E-state index in [1.807, 2.05) is 48.5 Å². The molecule has 3 aromatic carbocycles. The van der Waals surface area contributed by atoms with Crippen LogP contribution >= 0.6 is 38.9 Å². The monoisotopic (exact) mass is 510 g/mol. The van der Waals surface area contributed by atoms with Crippen molar-refractivity contribution >= 4 is 72.5 Å². The van der Waals surface area contributed by atoms with Crippen molar-refractivity contribution in [3.63, 3.8) is 0 Å². The zero-order chi connectivity index (χ0) is 21.5. The lowest BCUT2D eigenvalue weighted by atomic mass is 10.1. The van der Waals surface area contributed by atoms with Crippen LogP contribution in [0, 0.1) is 5.82 Å². The van der Waals surface area contributed by atoms with E-state index in [1.54, 1.807) is 18.2 Å². The van der Waals surface area contributed by atoms with Gasteiger partial charge in [0.25, 0.3) is 5.91 Å². The largest absolute Gasteiger partial charge is 0.282 e. The molecule has 0 spiro atoms. The normalized spacial score (nSPS) is 15.2. The number of amides is 1. The summed E-state index contributed by atoms with van der Waals surface area (Å²) >= 11 is 11.6. The lowest BCUT2D eigenvalue weighted by Gasteiger charge is -2.18. The highest BCUT2D eigenvalue weighted by Crippen LogP contribution is 2.39. The standard InChI is InChI=1S/C24H13BrClFN2OS/c25-15-7-5-8-16(13-15)29-23(22-21(26)17-9-2-4-11-20(17)31-22)28-19(24(29)30)12-14-6-1-3-10-18(14)27/h1-13H/b19-12+. The van der Waals surface area contributed by atoms with E-state index in [4.69, 9.17) is 11.6 Å². The SMILES string of the molecule is O=C1/C(=C\c2ccccc2F)N=C(c2sc3ccccc3c2Cl)N1c1cccc(Br)c1. The summed E-state index contributed by atoms with van der Waals surface area (Å²) in [5.74, 6) is -0.331. The Morgan fingerprint density at radius 1 is 1.03 bits per heavy atom. The van der Waals surface area contributed by atoms with Gasteiger partial charge in [-0.3, -0.25) is 9.69 Å². The molecule has 31 heavy (non-hydrogen) atoms. The van der Waals surface area contributed by atoms with Gasteiger partial charge in [0.2, 0.25) is 0 Å². The van der Waals surface area contributed by atoms with E-state index < -0.39 is 5.82 Å². The van der Waals surface area contributed by atoms with E-state index in [9.17, 15) is 9.18 Å². The van der Waals surface area contributed by atoms with E-state index in [-0.39, 0.29) is 11.6 Å². The maximum atomic E-state index is 14.2. The van der Waals surface area contributed by atoms with Gasteiger partial charge >= 0.3 is 0 Å². The highest BCUT2D eigenvalue weighted by atomic mass is 79.9. The third-order valence-corrected chi connectivity index (χ3v) is 7.03. The van der Waals surface area contributed by atoms with Crippen molar-refractivity contribution in [1.82, 2.24) is 0 Å². The molecule has 1 aromatic heterocycles. The van der Waals surface area contributed by atoms with E-state index in [2.05, 4.69) is 20.9 Å². The number of fused-ring (bicyclic) bond motifs is 1. The van der Waals surface area contributed by atoms with Gasteiger partial charge in [-0.05, 0) is 36.4 Å². The first-order valence-electron chi connectivity index (χ1n) is 9.35. The first-order valence-corrected chi connectivity index (χ1v) is 11.3. The number of thiophene rings is 1. The van der Waals surface area contributed by atoms with Crippen molar-refractivity contribution in [1.29, 1.82) is 0 Å². The molecule has 0 fully saturated rings. The van der Waals surface area contributed by atoms with Crippen LogP contribution < -0.4 is 4.90 Å². The van der Waals surface area contributed by atoms with Crippen LogP contribution in [0.3, 0.4) is 0 Å². The van der Waals surface area contributed by atoms with Crippen LogP contribution in [-0.4, -0.2) is 11.7 Å². The summed E-state index contributed by atoms with van der Waals surface area (Å²) in [6.45, 7) is 0. The average Bonchev–Trinajstić information content (AvgIpc) is 3.27. The predicted octanol–water partition coefficient (Wildman–Crippen LogP) is 7.29. The summed E-state index contributed by atoms with van der Waals surface area (Å²) in [5.41, 5.74) is 1.09. The van der Waals surface area contributed by atoms with Crippen molar-refractivity contribution < 1.29 is 9.18 Å². The smallest absolute Gasteiger partial charge is 0.266 e. The average molecular weight is 512 g/mol. The van der Waals surface area contributed by atoms with Gasteiger partial charge in [-0.2, -0.15) is 0 Å². The predicted molar refractivity (Wildman–Crippen MR) is 129 cm³/mol. The van der Waals surface area contributed by atoms with E-state index in [0.717, 1.165) is 14.6 Å². The third kappa shape index (κ3) is 3.61. The number of hydrogen-bond donors (Lipinski definition) is 0. The van der Waals surface area contributed by atoms with Gasteiger partial charge in [0.15, 0.2) is 5.84 Å². The molecular formula is C24H13BrClFN2OS. The third-order valence-electron chi connectivity index (χ3n) is 4.86. The highest BCUT2D eigenvalue weighted by molar-refractivity contribution is 9.10. The molecule has 0 N–H and O–H groups in total. The molecule has 1 amide bonds. The number of hydrogen-bond acceptors (Lipinski definition) is 3. The van der Waals surface area contributed by atoms with Crippen LogP contribution in [-0.2, 0) is 4.79 Å². The molecule has 0 atom stereocenters. The number of anilines is 1. The molecule has 0 bridgehead atoms. The highest BCUT2D eigenvalue weighted by Gasteiger charge is 2.35. The Bertz CT molecular complexity index is 1410. The number of amidine groups is 1. The molecule has 1 aliphatic rings. The second-order valence-corrected chi connectivity index (χ2v) is 9.19. The number of carbonyl (C=O) groups excluding carboxylic acids is 1. The molecule has 7 heteroatoms. The molecule has 3 nitrogen and oxygen atoms in total. The Balaban J connectivity index is 1.71. The zero-order valence-corrected chi connectivity index (χ0v) is 19.0. The first kappa shape index (κ1) is 20.1. The fourth-order valence-corrected chi connectivity index (χ4v) is 5.30. The quantitative estimate of drug-likeness (QED) is 0.266. The maximum absolute atomic E-state index is 14.2. The molecule has 4 aromatic rings. The fraction of sp³-hybridized carbons (Fsp3) is 0.